The summed E-state index contributed by atoms with van der Waals surface area (Å²) in [4.78, 5) is 28.0. The number of carbonyl (C=O) groups excluding carboxylic acids is 2. The molecule has 0 bridgehead atoms. The molecule has 1 heterocycles. The topological polar surface area (TPSA) is 58.6 Å². The van der Waals surface area contributed by atoms with Crippen molar-refractivity contribution in [3.8, 4) is 5.75 Å². The van der Waals surface area contributed by atoms with Crippen LogP contribution in [0.15, 0.2) is 84.9 Å². The van der Waals surface area contributed by atoms with Crippen LogP contribution in [-0.4, -0.2) is 43.0 Å². The molecule has 1 N–H and O–H groups in total. The van der Waals surface area contributed by atoms with Gasteiger partial charge in [-0.15, -0.1) is 0 Å². The van der Waals surface area contributed by atoms with Gasteiger partial charge in [0.15, 0.2) is 0 Å². The number of benzene rings is 3. The monoisotopic (exact) mass is 428 g/mol. The fraction of sp³-hybridized carbons (Fsp3) is 0.259. The average Bonchev–Trinajstić information content (AvgIpc) is 2.85. The number of nitrogens with one attached hydrogen (secondary N) is 1. The van der Waals surface area contributed by atoms with Gasteiger partial charge in [-0.1, -0.05) is 66.7 Å². The second kappa shape index (κ2) is 10.1. The predicted octanol–water partition coefficient (Wildman–Crippen LogP) is 4.25. The Kier molecular flexibility index (Phi) is 6.85. The molecular formula is C27H28N2O3. The smallest absolute Gasteiger partial charge is 0.253 e. The van der Waals surface area contributed by atoms with Crippen molar-refractivity contribution in [2.75, 3.05) is 20.2 Å². The molecule has 1 aliphatic heterocycles. The third-order valence-electron chi connectivity index (χ3n) is 5.97. The number of carbonyl (C=O) groups is 2. The van der Waals surface area contributed by atoms with Gasteiger partial charge in [0.2, 0.25) is 5.91 Å². The Bertz CT molecular complexity index is 1010. The van der Waals surface area contributed by atoms with Gasteiger partial charge >= 0.3 is 0 Å². The molecule has 1 aliphatic rings. The summed E-state index contributed by atoms with van der Waals surface area (Å²) < 4.78 is 5.23. The van der Waals surface area contributed by atoms with Gasteiger partial charge < -0.3 is 15.0 Å². The minimum Gasteiger partial charge on any atom is -0.497 e. The highest BCUT2D eigenvalue weighted by atomic mass is 16.5. The molecule has 0 radical (unpaired) electrons. The summed E-state index contributed by atoms with van der Waals surface area (Å²) in [7, 11) is 1.59. The highest BCUT2D eigenvalue weighted by Gasteiger charge is 2.28. The van der Waals surface area contributed by atoms with E-state index in [4.69, 9.17) is 4.74 Å². The zero-order chi connectivity index (χ0) is 22.3. The summed E-state index contributed by atoms with van der Waals surface area (Å²) in [6.45, 7) is 1.23. The van der Waals surface area contributed by atoms with E-state index in [2.05, 4.69) is 5.32 Å². The van der Waals surface area contributed by atoms with E-state index in [1.807, 2.05) is 83.8 Å². The van der Waals surface area contributed by atoms with Gasteiger partial charge in [-0.2, -0.15) is 0 Å². The normalized spacial score (nSPS) is 14.2. The molecule has 0 saturated carbocycles. The van der Waals surface area contributed by atoms with Crippen molar-refractivity contribution in [3.05, 3.63) is 102 Å². The molecule has 5 heteroatoms. The van der Waals surface area contributed by atoms with Crippen molar-refractivity contribution in [1.82, 2.24) is 10.2 Å². The van der Waals surface area contributed by atoms with Crippen molar-refractivity contribution in [2.45, 2.75) is 24.8 Å². The number of nitrogens with zero attached hydrogens (tertiary/aromatic N) is 1. The Morgan fingerprint density at radius 2 is 1.47 bits per heavy atom. The zero-order valence-electron chi connectivity index (χ0n) is 18.2. The summed E-state index contributed by atoms with van der Waals surface area (Å²) >= 11 is 0. The van der Waals surface area contributed by atoms with E-state index in [0.29, 0.717) is 24.4 Å². The average molecular weight is 429 g/mol. The predicted molar refractivity (Wildman–Crippen MR) is 125 cm³/mol. The van der Waals surface area contributed by atoms with Crippen LogP contribution < -0.4 is 10.1 Å². The minimum atomic E-state index is -0.353. The Balaban J connectivity index is 1.40. The standard InChI is InChI=1S/C27H28N2O3/c1-32-24-14-8-13-22(19-24)27(31)29-17-15-23(16-18-29)28-26(30)25(20-9-4-2-5-10-20)21-11-6-3-7-12-21/h2-14,19,23,25H,15-18H2,1H3,(H,28,30). The maximum absolute atomic E-state index is 13.3. The molecule has 3 aromatic rings. The van der Waals surface area contributed by atoms with Crippen LogP contribution in [0, 0.1) is 0 Å². The molecule has 0 atom stereocenters. The molecule has 3 aromatic carbocycles. The van der Waals surface area contributed by atoms with Gasteiger partial charge in [-0.25, -0.2) is 0 Å². The molecule has 0 aromatic heterocycles. The summed E-state index contributed by atoms with van der Waals surface area (Å²) in [6, 6.07) is 27.0. The van der Waals surface area contributed by atoms with E-state index in [-0.39, 0.29) is 23.8 Å². The number of hydrogen-bond donors (Lipinski definition) is 1. The molecule has 1 fully saturated rings. The fourth-order valence-electron chi connectivity index (χ4n) is 4.24. The van der Waals surface area contributed by atoms with Crippen molar-refractivity contribution in [1.29, 1.82) is 0 Å². The number of ether oxygens (including phenoxy) is 1. The maximum atomic E-state index is 13.3. The molecule has 0 aliphatic carbocycles. The summed E-state index contributed by atoms with van der Waals surface area (Å²) in [6.07, 6.45) is 1.47. The second-order valence-corrected chi connectivity index (χ2v) is 8.06. The first-order valence-electron chi connectivity index (χ1n) is 11.0. The molecule has 1 saturated heterocycles. The summed E-state index contributed by atoms with van der Waals surface area (Å²) in [5.41, 5.74) is 2.57. The Morgan fingerprint density at radius 3 is 2.03 bits per heavy atom. The molecule has 32 heavy (non-hydrogen) atoms. The van der Waals surface area contributed by atoms with Crippen LogP contribution in [0.2, 0.25) is 0 Å². The molecule has 0 unspecified atom stereocenters. The van der Waals surface area contributed by atoms with Crippen LogP contribution in [0.5, 0.6) is 5.75 Å². The van der Waals surface area contributed by atoms with Crippen molar-refractivity contribution >= 4 is 11.8 Å². The lowest BCUT2D eigenvalue weighted by Gasteiger charge is -2.33. The first-order valence-corrected chi connectivity index (χ1v) is 11.0. The minimum absolute atomic E-state index is 0.0000257. The van der Waals surface area contributed by atoms with E-state index < -0.39 is 0 Å². The van der Waals surface area contributed by atoms with Gasteiger partial charge in [-0.3, -0.25) is 9.59 Å². The Morgan fingerprint density at radius 1 is 0.875 bits per heavy atom. The summed E-state index contributed by atoms with van der Waals surface area (Å²) in [5.74, 6) is 0.319. The Hall–Kier alpha value is -3.60. The highest BCUT2D eigenvalue weighted by Crippen LogP contribution is 2.26. The van der Waals surface area contributed by atoms with Gasteiger partial charge in [0.1, 0.15) is 5.75 Å². The Labute approximate surface area is 189 Å². The van der Waals surface area contributed by atoms with Gasteiger partial charge in [0.05, 0.1) is 13.0 Å². The fourth-order valence-corrected chi connectivity index (χ4v) is 4.24. The number of piperidine rings is 1. The number of hydrogen-bond acceptors (Lipinski definition) is 3. The number of amides is 2. The van der Waals surface area contributed by atoms with Crippen LogP contribution in [0.1, 0.15) is 40.2 Å². The second-order valence-electron chi connectivity index (χ2n) is 8.06. The largest absolute Gasteiger partial charge is 0.497 e. The lowest BCUT2D eigenvalue weighted by Crippen LogP contribution is -2.47. The van der Waals surface area contributed by atoms with Gasteiger partial charge in [-0.05, 0) is 42.2 Å². The number of methoxy groups -OCH3 is 1. The third kappa shape index (κ3) is 4.99. The van der Waals surface area contributed by atoms with Gasteiger partial charge in [0, 0.05) is 24.7 Å². The van der Waals surface area contributed by atoms with Crippen molar-refractivity contribution in [2.24, 2.45) is 0 Å². The molecular weight excluding hydrogens is 400 g/mol. The van der Waals surface area contributed by atoms with Crippen molar-refractivity contribution in [3.63, 3.8) is 0 Å². The van der Waals surface area contributed by atoms with Crippen LogP contribution in [0.3, 0.4) is 0 Å². The van der Waals surface area contributed by atoms with E-state index in [1.165, 1.54) is 0 Å². The SMILES string of the molecule is COc1cccc(C(=O)N2CCC(NC(=O)C(c3ccccc3)c3ccccc3)CC2)c1. The van der Waals surface area contributed by atoms with Crippen LogP contribution >= 0.6 is 0 Å². The van der Waals surface area contributed by atoms with E-state index in [0.717, 1.165) is 24.0 Å². The van der Waals surface area contributed by atoms with Crippen LogP contribution in [-0.2, 0) is 4.79 Å². The van der Waals surface area contributed by atoms with Crippen LogP contribution in [0.25, 0.3) is 0 Å². The molecule has 4 rings (SSSR count). The maximum Gasteiger partial charge on any atom is 0.253 e. The molecule has 5 nitrogen and oxygen atoms in total. The molecule has 2 amide bonds. The lowest BCUT2D eigenvalue weighted by atomic mass is 9.90. The number of rotatable bonds is 6. The first-order chi connectivity index (χ1) is 15.7. The zero-order valence-corrected chi connectivity index (χ0v) is 18.2. The molecule has 0 spiro atoms. The summed E-state index contributed by atoms with van der Waals surface area (Å²) in [5, 5.41) is 3.24. The molecule has 164 valence electrons. The van der Waals surface area contributed by atoms with E-state index in [9.17, 15) is 9.59 Å². The van der Waals surface area contributed by atoms with Crippen LogP contribution in [0.4, 0.5) is 0 Å². The van der Waals surface area contributed by atoms with E-state index >= 15 is 0 Å². The van der Waals surface area contributed by atoms with E-state index in [1.54, 1.807) is 13.2 Å². The van der Waals surface area contributed by atoms with Gasteiger partial charge in [0.25, 0.3) is 5.91 Å². The highest BCUT2D eigenvalue weighted by molar-refractivity contribution is 5.94. The first kappa shape index (κ1) is 21.6. The third-order valence-corrected chi connectivity index (χ3v) is 5.97. The van der Waals surface area contributed by atoms with Crippen molar-refractivity contribution < 1.29 is 14.3 Å². The quantitative estimate of drug-likeness (QED) is 0.639. The lowest BCUT2D eigenvalue weighted by molar-refractivity contribution is -0.122. The number of likely N-dealkylation sites (tertiary alicyclic amines) is 1.